The summed E-state index contributed by atoms with van der Waals surface area (Å²) in [5.41, 5.74) is -0.0815. The molecule has 1 unspecified atom stereocenters. The average molecular weight is 327 g/mol. The first-order chi connectivity index (χ1) is 10.4. The van der Waals surface area contributed by atoms with Gasteiger partial charge in [0.1, 0.15) is 0 Å². The summed E-state index contributed by atoms with van der Waals surface area (Å²) in [6.45, 7) is 3.93. The van der Waals surface area contributed by atoms with Gasteiger partial charge in [-0.15, -0.1) is 0 Å². The molecule has 0 radical (unpaired) electrons. The van der Waals surface area contributed by atoms with Gasteiger partial charge in [-0.2, -0.15) is 10.2 Å². The first-order valence-electron chi connectivity index (χ1n) is 6.64. The molecule has 0 bridgehead atoms. The summed E-state index contributed by atoms with van der Waals surface area (Å²) < 4.78 is 33.3. The lowest BCUT2D eigenvalue weighted by Gasteiger charge is -2.13. The number of sulfonamides is 1. The third-order valence-corrected chi connectivity index (χ3v) is 4.21. The van der Waals surface area contributed by atoms with Gasteiger partial charge < -0.3 is 4.74 Å². The number of hydrogen-bond acceptors (Lipinski definition) is 6. The Morgan fingerprint density at radius 1 is 1.55 bits per heavy atom. The predicted molar refractivity (Wildman–Crippen MR) is 76.6 cm³/mol. The molecule has 0 aliphatic carbocycles. The number of aromatic amines is 1. The van der Waals surface area contributed by atoms with Gasteiger partial charge in [-0.1, -0.05) is 0 Å². The highest BCUT2D eigenvalue weighted by Crippen LogP contribution is 2.09. The van der Waals surface area contributed by atoms with Crippen molar-refractivity contribution in [1.29, 1.82) is 0 Å². The van der Waals surface area contributed by atoms with Gasteiger partial charge in [0.2, 0.25) is 0 Å². The molecule has 9 nitrogen and oxygen atoms in total. The van der Waals surface area contributed by atoms with Crippen molar-refractivity contribution in [3.8, 4) is 0 Å². The molecule has 22 heavy (non-hydrogen) atoms. The number of carbonyl (C=O) groups is 1. The average Bonchev–Trinajstić information content (AvgIpc) is 3.08. The first kappa shape index (κ1) is 16.2. The van der Waals surface area contributed by atoms with E-state index in [1.54, 1.807) is 37.0 Å². The van der Waals surface area contributed by atoms with Crippen molar-refractivity contribution in [3.63, 3.8) is 0 Å². The Labute approximate surface area is 127 Å². The second-order valence-corrected chi connectivity index (χ2v) is 6.27. The third kappa shape index (κ3) is 3.92. The summed E-state index contributed by atoms with van der Waals surface area (Å²) >= 11 is 0. The number of aromatic nitrogens is 4. The number of esters is 1. The third-order valence-electron chi connectivity index (χ3n) is 2.70. The van der Waals surface area contributed by atoms with E-state index in [0.29, 0.717) is 6.54 Å². The van der Waals surface area contributed by atoms with Crippen molar-refractivity contribution in [1.82, 2.24) is 24.7 Å². The number of hydrogen-bond donors (Lipinski definition) is 2. The van der Waals surface area contributed by atoms with Crippen molar-refractivity contribution in [2.75, 3.05) is 6.61 Å². The standard InChI is InChI=1S/C12H17N5O4S/c1-3-21-12(18)10-7-11(15-14-10)22(19,20)16-9(2)8-17-6-4-5-13-17/h4-7,9,16H,3,8H2,1-2H3,(H,14,15). The van der Waals surface area contributed by atoms with E-state index in [0.717, 1.165) is 6.07 Å². The summed E-state index contributed by atoms with van der Waals surface area (Å²) in [5.74, 6) is -0.676. The van der Waals surface area contributed by atoms with Crippen molar-refractivity contribution >= 4 is 16.0 Å². The fourth-order valence-electron chi connectivity index (χ4n) is 1.81. The SMILES string of the molecule is CCOC(=O)c1cc(S(=O)(=O)NC(C)Cn2cccn2)[nH]n1. The van der Waals surface area contributed by atoms with E-state index in [1.807, 2.05) is 0 Å². The number of H-pyrrole nitrogens is 1. The number of ether oxygens (including phenoxy) is 1. The monoisotopic (exact) mass is 327 g/mol. The highest BCUT2D eigenvalue weighted by molar-refractivity contribution is 7.89. The van der Waals surface area contributed by atoms with Gasteiger partial charge in [0.05, 0.1) is 13.2 Å². The Morgan fingerprint density at radius 2 is 2.32 bits per heavy atom. The van der Waals surface area contributed by atoms with E-state index >= 15 is 0 Å². The van der Waals surface area contributed by atoms with E-state index < -0.39 is 16.0 Å². The van der Waals surface area contributed by atoms with Crippen LogP contribution in [-0.4, -0.2) is 47.0 Å². The van der Waals surface area contributed by atoms with Crippen molar-refractivity contribution in [2.45, 2.75) is 31.5 Å². The van der Waals surface area contributed by atoms with E-state index in [4.69, 9.17) is 4.74 Å². The van der Waals surface area contributed by atoms with Gasteiger partial charge in [-0.05, 0) is 19.9 Å². The zero-order valence-electron chi connectivity index (χ0n) is 12.2. The van der Waals surface area contributed by atoms with Crippen LogP contribution in [0.5, 0.6) is 0 Å². The van der Waals surface area contributed by atoms with Crippen molar-refractivity contribution in [3.05, 3.63) is 30.2 Å². The Kier molecular flexibility index (Phi) is 4.93. The topological polar surface area (TPSA) is 119 Å². The Balaban J connectivity index is 2.05. The summed E-state index contributed by atoms with van der Waals surface area (Å²) in [5, 5.41) is 9.79. The minimum atomic E-state index is -3.81. The molecule has 2 aromatic heterocycles. The van der Waals surface area contributed by atoms with Gasteiger partial charge in [-0.3, -0.25) is 9.78 Å². The molecule has 0 aliphatic heterocycles. The van der Waals surface area contributed by atoms with Crippen molar-refractivity contribution < 1.29 is 17.9 Å². The maximum atomic E-state index is 12.2. The van der Waals surface area contributed by atoms with E-state index in [9.17, 15) is 13.2 Å². The molecule has 0 saturated carbocycles. The molecule has 2 N–H and O–H groups in total. The summed E-state index contributed by atoms with van der Waals surface area (Å²) in [6.07, 6.45) is 3.35. The van der Waals surface area contributed by atoms with Crippen LogP contribution in [0.15, 0.2) is 29.6 Å². The zero-order chi connectivity index (χ0) is 16.2. The van der Waals surface area contributed by atoms with Gasteiger partial charge >= 0.3 is 5.97 Å². The summed E-state index contributed by atoms with van der Waals surface area (Å²) in [7, 11) is -3.81. The minimum Gasteiger partial charge on any atom is -0.461 e. The van der Waals surface area contributed by atoms with Gasteiger partial charge in [0, 0.05) is 24.5 Å². The van der Waals surface area contributed by atoms with Crippen LogP contribution in [-0.2, 0) is 21.3 Å². The quantitative estimate of drug-likeness (QED) is 0.699. The minimum absolute atomic E-state index is 0.0815. The van der Waals surface area contributed by atoms with Crippen LogP contribution in [0.3, 0.4) is 0 Å². The number of nitrogens with one attached hydrogen (secondary N) is 2. The first-order valence-corrected chi connectivity index (χ1v) is 8.13. The molecule has 0 amide bonds. The molecule has 2 heterocycles. The van der Waals surface area contributed by atoms with Crippen molar-refractivity contribution in [2.24, 2.45) is 0 Å². The van der Waals surface area contributed by atoms with E-state index in [1.165, 1.54) is 0 Å². The van der Waals surface area contributed by atoms with Gasteiger partial charge in [0.25, 0.3) is 10.0 Å². The molecule has 120 valence electrons. The van der Waals surface area contributed by atoms with Gasteiger partial charge in [0.15, 0.2) is 10.7 Å². The lowest BCUT2D eigenvalue weighted by Crippen LogP contribution is -2.36. The molecular formula is C12H17N5O4S. The zero-order valence-corrected chi connectivity index (χ0v) is 13.0. The molecule has 0 saturated heterocycles. The largest absolute Gasteiger partial charge is 0.461 e. The normalized spacial score (nSPS) is 13.0. The number of nitrogens with zero attached hydrogens (tertiary/aromatic N) is 3. The molecule has 1 atom stereocenters. The fourth-order valence-corrected chi connectivity index (χ4v) is 2.97. The van der Waals surface area contributed by atoms with Crippen LogP contribution < -0.4 is 4.72 Å². The molecule has 0 aliphatic rings. The van der Waals surface area contributed by atoms with Gasteiger partial charge in [-0.25, -0.2) is 17.9 Å². The highest BCUT2D eigenvalue weighted by atomic mass is 32.2. The number of rotatable bonds is 7. The Bertz CT molecular complexity index is 723. The maximum Gasteiger partial charge on any atom is 0.358 e. The Hall–Kier alpha value is -2.20. The smallest absolute Gasteiger partial charge is 0.358 e. The molecule has 10 heteroatoms. The number of carbonyl (C=O) groups excluding carboxylic acids is 1. The van der Waals surface area contributed by atoms with E-state index in [2.05, 4.69) is 20.0 Å². The van der Waals surface area contributed by atoms with Crippen LogP contribution in [0.1, 0.15) is 24.3 Å². The molecule has 0 aromatic carbocycles. The summed E-state index contributed by atoms with van der Waals surface area (Å²) in [4.78, 5) is 11.5. The van der Waals surface area contributed by atoms with Crippen LogP contribution in [0.25, 0.3) is 0 Å². The van der Waals surface area contributed by atoms with Crippen LogP contribution >= 0.6 is 0 Å². The fraction of sp³-hybridized carbons (Fsp3) is 0.417. The lowest BCUT2D eigenvalue weighted by molar-refractivity contribution is 0.0519. The van der Waals surface area contributed by atoms with E-state index in [-0.39, 0.29) is 23.4 Å². The molecule has 0 spiro atoms. The predicted octanol–water partition coefficient (Wildman–Crippen LogP) is 0.150. The van der Waals surface area contributed by atoms with Crippen LogP contribution in [0, 0.1) is 0 Å². The highest BCUT2D eigenvalue weighted by Gasteiger charge is 2.22. The second-order valence-electron chi connectivity index (χ2n) is 4.59. The van der Waals surface area contributed by atoms with Crippen LogP contribution in [0.2, 0.25) is 0 Å². The molecule has 2 aromatic rings. The van der Waals surface area contributed by atoms with Crippen LogP contribution in [0.4, 0.5) is 0 Å². The Morgan fingerprint density at radius 3 is 2.95 bits per heavy atom. The molecule has 2 rings (SSSR count). The molecular weight excluding hydrogens is 310 g/mol. The second kappa shape index (κ2) is 6.71. The molecule has 0 fully saturated rings. The summed E-state index contributed by atoms with van der Waals surface area (Å²) in [6, 6.07) is 2.50. The lowest BCUT2D eigenvalue weighted by atomic mass is 10.4. The maximum absolute atomic E-state index is 12.2.